The average molecular weight is 354 g/mol. The third-order valence-corrected chi connectivity index (χ3v) is 4.44. The number of benzene rings is 2. The Balaban J connectivity index is 1.60. The number of anilines is 2. The van der Waals surface area contributed by atoms with Gasteiger partial charge < -0.3 is 5.32 Å². The standard InChI is InChI=1S/C17H14N4O3S/c22-17-8-12-7-11(1-6-16(12)19-17)13-9-18-21(10-13)15-4-2-14(3-5-15)20-25(23)24/h1-7,9-10,25H,8H2,(H,19,22)(H,20,23,24). The van der Waals surface area contributed by atoms with E-state index in [1.807, 2.05) is 24.4 Å². The Hall–Kier alpha value is -3.13. The zero-order valence-corrected chi connectivity index (χ0v) is 13.9. The van der Waals surface area contributed by atoms with E-state index >= 15 is 0 Å². The van der Waals surface area contributed by atoms with Gasteiger partial charge in [0.25, 0.3) is 0 Å². The number of hydrogen-bond acceptors (Lipinski definition) is 4. The molecule has 8 heteroatoms. The third-order valence-electron chi connectivity index (χ3n) is 4.00. The molecule has 0 bridgehead atoms. The summed E-state index contributed by atoms with van der Waals surface area (Å²) in [5.74, 6) is 0.0105. The van der Waals surface area contributed by atoms with Crippen LogP contribution in [0.3, 0.4) is 0 Å². The highest BCUT2D eigenvalue weighted by molar-refractivity contribution is 7.73. The smallest absolute Gasteiger partial charge is 0.228 e. The fourth-order valence-corrected chi connectivity index (χ4v) is 3.18. The first-order chi connectivity index (χ1) is 12.1. The molecule has 2 heterocycles. The predicted octanol–water partition coefficient (Wildman–Crippen LogP) is 1.97. The molecule has 4 rings (SSSR count). The van der Waals surface area contributed by atoms with Crippen LogP contribution in [0.5, 0.6) is 0 Å². The van der Waals surface area contributed by atoms with Gasteiger partial charge in [-0.2, -0.15) is 5.10 Å². The van der Waals surface area contributed by atoms with E-state index in [4.69, 9.17) is 0 Å². The maximum atomic E-state index is 11.5. The molecule has 0 aliphatic carbocycles. The van der Waals surface area contributed by atoms with E-state index in [1.54, 1.807) is 35.1 Å². The Bertz CT molecular complexity index is 1030. The van der Waals surface area contributed by atoms with Crippen molar-refractivity contribution < 1.29 is 13.2 Å². The fraction of sp³-hybridized carbons (Fsp3) is 0.0588. The van der Waals surface area contributed by atoms with Crippen LogP contribution < -0.4 is 10.0 Å². The molecule has 0 unspecified atom stereocenters. The van der Waals surface area contributed by atoms with Gasteiger partial charge in [0, 0.05) is 23.1 Å². The van der Waals surface area contributed by atoms with E-state index in [0.717, 1.165) is 28.1 Å². The molecule has 2 aromatic carbocycles. The van der Waals surface area contributed by atoms with Crippen molar-refractivity contribution in [2.24, 2.45) is 0 Å². The summed E-state index contributed by atoms with van der Waals surface area (Å²) in [6.45, 7) is 0. The summed E-state index contributed by atoms with van der Waals surface area (Å²) >= 11 is 0. The number of carbonyl (C=O) groups is 1. The third kappa shape index (κ3) is 3.11. The van der Waals surface area contributed by atoms with Crippen molar-refractivity contribution >= 4 is 28.2 Å². The van der Waals surface area contributed by atoms with Gasteiger partial charge in [-0.25, -0.2) is 13.1 Å². The van der Waals surface area contributed by atoms with Gasteiger partial charge in [0.1, 0.15) is 0 Å². The first kappa shape index (κ1) is 15.4. The van der Waals surface area contributed by atoms with Crippen LogP contribution in [-0.4, -0.2) is 24.1 Å². The predicted molar refractivity (Wildman–Crippen MR) is 95.3 cm³/mol. The first-order valence-corrected chi connectivity index (χ1v) is 8.75. The number of amides is 1. The molecule has 25 heavy (non-hydrogen) atoms. The summed E-state index contributed by atoms with van der Waals surface area (Å²) < 4.78 is 25.4. The van der Waals surface area contributed by atoms with Crippen molar-refractivity contribution in [3.05, 3.63) is 60.4 Å². The lowest BCUT2D eigenvalue weighted by atomic mass is 10.0. The minimum atomic E-state index is -2.67. The van der Waals surface area contributed by atoms with E-state index in [1.165, 1.54) is 0 Å². The molecule has 0 atom stereocenters. The number of thiol groups is 1. The van der Waals surface area contributed by atoms with E-state index < -0.39 is 10.9 Å². The zero-order valence-electron chi connectivity index (χ0n) is 13.0. The lowest BCUT2D eigenvalue weighted by Gasteiger charge is -2.04. The molecule has 2 N–H and O–H groups in total. The Kier molecular flexibility index (Phi) is 3.73. The average Bonchev–Trinajstić information content (AvgIpc) is 3.20. The van der Waals surface area contributed by atoms with Crippen LogP contribution in [0.2, 0.25) is 0 Å². The van der Waals surface area contributed by atoms with Crippen LogP contribution in [-0.2, 0) is 22.1 Å². The number of hydrogen-bond donors (Lipinski definition) is 3. The van der Waals surface area contributed by atoms with Gasteiger partial charge in [-0.1, -0.05) is 6.07 Å². The Morgan fingerprint density at radius 1 is 1.08 bits per heavy atom. The summed E-state index contributed by atoms with van der Waals surface area (Å²) in [4.78, 5) is 11.5. The second-order valence-electron chi connectivity index (χ2n) is 5.69. The fourth-order valence-electron chi connectivity index (χ4n) is 2.82. The second kappa shape index (κ2) is 6.06. The van der Waals surface area contributed by atoms with Crippen LogP contribution >= 0.6 is 0 Å². The van der Waals surface area contributed by atoms with Gasteiger partial charge in [0.15, 0.2) is 0 Å². The van der Waals surface area contributed by atoms with E-state index in [2.05, 4.69) is 15.1 Å². The van der Waals surface area contributed by atoms with Gasteiger partial charge in [0.2, 0.25) is 16.8 Å². The van der Waals surface area contributed by atoms with Gasteiger partial charge in [-0.15, -0.1) is 0 Å². The van der Waals surface area contributed by atoms with Crippen molar-refractivity contribution in [1.82, 2.24) is 9.78 Å². The Morgan fingerprint density at radius 2 is 1.88 bits per heavy atom. The second-order valence-corrected chi connectivity index (χ2v) is 6.42. The molecular weight excluding hydrogens is 340 g/mol. The molecule has 1 amide bonds. The maximum absolute atomic E-state index is 11.5. The topological polar surface area (TPSA) is 93.1 Å². The minimum absolute atomic E-state index is 0.0105. The zero-order chi connectivity index (χ0) is 17.4. The summed E-state index contributed by atoms with van der Waals surface area (Å²) in [6, 6.07) is 12.8. The molecule has 1 aromatic heterocycles. The number of carbonyl (C=O) groups excluding carboxylic acids is 1. The number of fused-ring (bicyclic) bond motifs is 1. The van der Waals surface area contributed by atoms with Gasteiger partial charge in [-0.05, 0) is 47.5 Å². The van der Waals surface area contributed by atoms with Crippen molar-refractivity contribution in [1.29, 1.82) is 0 Å². The van der Waals surface area contributed by atoms with Crippen LogP contribution in [0.25, 0.3) is 16.8 Å². The summed E-state index contributed by atoms with van der Waals surface area (Å²) in [6.07, 6.45) is 4.04. The number of nitrogens with one attached hydrogen (secondary N) is 2. The molecular formula is C17H14N4O3S. The minimum Gasteiger partial charge on any atom is -0.326 e. The highest BCUT2D eigenvalue weighted by Crippen LogP contribution is 2.29. The maximum Gasteiger partial charge on any atom is 0.228 e. The summed E-state index contributed by atoms with van der Waals surface area (Å²) in [7, 11) is -2.67. The van der Waals surface area contributed by atoms with Gasteiger partial charge >= 0.3 is 0 Å². The molecule has 0 spiro atoms. The number of aromatic nitrogens is 2. The van der Waals surface area contributed by atoms with Crippen LogP contribution in [0.4, 0.5) is 11.4 Å². The van der Waals surface area contributed by atoms with Crippen molar-refractivity contribution in [2.75, 3.05) is 10.0 Å². The quantitative estimate of drug-likeness (QED) is 0.625. The molecule has 1 aliphatic rings. The van der Waals surface area contributed by atoms with Gasteiger partial charge in [-0.3, -0.25) is 9.52 Å². The summed E-state index contributed by atoms with van der Waals surface area (Å²) in [5, 5.41) is 7.17. The highest BCUT2D eigenvalue weighted by atomic mass is 32.2. The molecule has 7 nitrogen and oxygen atoms in total. The molecule has 0 saturated heterocycles. The first-order valence-electron chi connectivity index (χ1n) is 7.58. The molecule has 3 aromatic rings. The highest BCUT2D eigenvalue weighted by Gasteiger charge is 2.18. The molecule has 0 radical (unpaired) electrons. The normalized spacial score (nSPS) is 12.9. The number of rotatable bonds is 4. The molecule has 0 fully saturated rings. The lowest BCUT2D eigenvalue weighted by Crippen LogP contribution is -2.03. The van der Waals surface area contributed by atoms with Crippen LogP contribution in [0.1, 0.15) is 5.56 Å². The van der Waals surface area contributed by atoms with E-state index in [9.17, 15) is 13.2 Å². The van der Waals surface area contributed by atoms with Gasteiger partial charge in [0.05, 0.1) is 18.3 Å². The largest absolute Gasteiger partial charge is 0.326 e. The van der Waals surface area contributed by atoms with E-state index in [0.29, 0.717) is 12.1 Å². The summed E-state index contributed by atoms with van der Waals surface area (Å²) in [5.41, 5.74) is 5.09. The molecule has 1 aliphatic heterocycles. The molecule has 0 saturated carbocycles. The van der Waals surface area contributed by atoms with Crippen molar-refractivity contribution in [3.63, 3.8) is 0 Å². The molecule has 126 valence electrons. The van der Waals surface area contributed by atoms with Crippen LogP contribution in [0, 0.1) is 0 Å². The van der Waals surface area contributed by atoms with Crippen molar-refractivity contribution in [2.45, 2.75) is 6.42 Å². The van der Waals surface area contributed by atoms with Crippen molar-refractivity contribution in [3.8, 4) is 16.8 Å². The Morgan fingerprint density at radius 3 is 2.64 bits per heavy atom. The van der Waals surface area contributed by atoms with E-state index in [-0.39, 0.29) is 5.91 Å². The number of nitrogens with zero attached hydrogens (tertiary/aromatic N) is 2. The SMILES string of the molecule is O=C1Cc2cc(-c3cnn(-c4ccc(N[SH](=O)=O)cc4)c3)ccc2N1. The van der Waals surface area contributed by atoms with Crippen LogP contribution in [0.15, 0.2) is 54.9 Å². The Labute approximate surface area is 145 Å². The lowest BCUT2D eigenvalue weighted by molar-refractivity contribution is -0.115. The monoisotopic (exact) mass is 354 g/mol.